The quantitative estimate of drug-likeness (QED) is 0.486. The van der Waals surface area contributed by atoms with E-state index in [-0.39, 0.29) is 5.56 Å². The summed E-state index contributed by atoms with van der Waals surface area (Å²) in [6, 6.07) is 16.7. The van der Waals surface area contributed by atoms with Crippen molar-refractivity contribution in [2.45, 2.75) is 6.18 Å². The molecule has 0 aliphatic carbocycles. The van der Waals surface area contributed by atoms with Crippen LogP contribution in [-0.2, 0) is 6.18 Å². The highest BCUT2D eigenvalue weighted by Crippen LogP contribution is 2.34. The summed E-state index contributed by atoms with van der Waals surface area (Å²) >= 11 is 1.49. The number of hydrogen-bond donors (Lipinski definition) is 1. The lowest BCUT2D eigenvalue weighted by atomic mass is 10.1. The summed E-state index contributed by atoms with van der Waals surface area (Å²) in [4.78, 5) is 20.4. The molecule has 0 atom stereocenters. The van der Waals surface area contributed by atoms with Crippen LogP contribution < -0.4 is 5.32 Å². The molecule has 4 aromatic rings. The first-order valence-electron chi connectivity index (χ1n) is 8.21. The fourth-order valence-corrected chi connectivity index (χ4v) is 3.66. The molecular formula is C20H12F3N3OS. The van der Waals surface area contributed by atoms with E-state index in [9.17, 15) is 18.0 Å². The van der Waals surface area contributed by atoms with Crippen LogP contribution in [-0.4, -0.2) is 15.9 Å². The first-order valence-corrected chi connectivity index (χ1v) is 9.03. The number of para-hydroxylation sites is 2. The number of carbonyl (C=O) groups excluding carboxylic acids is 1. The van der Waals surface area contributed by atoms with Crippen LogP contribution in [0.5, 0.6) is 0 Å². The van der Waals surface area contributed by atoms with Gasteiger partial charge in [0.2, 0.25) is 0 Å². The summed E-state index contributed by atoms with van der Waals surface area (Å²) in [7, 11) is 0. The monoisotopic (exact) mass is 399 g/mol. The lowest BCUT2D eigenvalue weighted by molar-refractivity contribution is -0.141. The molecule has 140 valence electrons. The minimum Gasteiger partial charge on any atom is -0.321 e. The Morgan fingerprint density at radius 2 is 1.71 bits per heavy atom. The van der Waals surface area contributed by atoms with Gasteiger partial charge in [-0.05, 0) is 36.4 Å². The molecule has 0 aliphatic heterocycles. The van der Waals surface area contributed by atoms with Gasteiger partial charge in [0.1, 0.15) is 10.7 Å². The highest BCUT2D eigenvalue weighted by atomic mass is 32.1. The number of nitrogens with zero attached hydrogens (tertiary/aromatic N) is 2. The minimum absolute atomic E-state index is 0.0344. The van der Waals surface area contributed by atoms with Crippen molar-refractivity contribution >= 4 is 33.1 Å². The van der Waals surface area contributed by atoms with Gasteiger partial charge < -0.3 is 5.32 Å². The zero-order valence-corrected chi connectivity index (χ0v) is 15.0. The maximum absolute atomic E-state index is 12.6. The van der Waals surface area contributed by atoms with Crippen molar-refractivity contribution in [3.63, 3.8) is 0 Å². The SMILES string of the molecule is O=C(Nc1ccccc1-c1nc2ccccc2s1)c1ccc(C(F)(F)F)nc1. The predicted molar refractivity (Wildman–Crippen MR) is 102 cm³/mol. The van der Waals surface area contributed by atoms with E-state index in [0.29, 0.717) is 5.69 Å². The lowest BCUT2D eigenvalue weighted by Crippen LogP contribution is -2.14. The van der Waals surface area contributed by atoms with Crippen LogP contribution in [0.2, 0.25) is 0 Å². The van der Waals surface area contributed by atoms with Gasteiger partial charge in [-0.25, -0.2) is 4.98 Å². The smallest absolute Gasteiger partial charge is 0.321 e. The van der Waals surface area contributed by atoms with Crippen LogP contribution in [0, 0.1) is 0 Å². The predicted octanol–water partition coefficient (Wildman–Crippen LogP) is 5.63. The Morgan fingerprint density at radius 1 is 0.964 bits per heavy atom. The largest absolute Gasteiger partial charge is 0.433 e. The van der Waals surface area contributed by atoms with E-state index in [0.717, 1.165) is 39.1 Å². The maximum atomic E-state index is 12.6. The van der Waals surface area contributed by atoms with E-state index in [1.54, 1.807) is 12.1 Å². The molecule has 0 bridgehead atoms. The molecule has 4 nitrogen and oxygen atoms in total. The second kappa shape index (κ2) is 7.05. The number of benzene rings is 2. The third-order valence-corrected chi connectivity index (χ3v) is 5.09. The molecule has 0 saturated heterocycles. The van der Waals surface area contributed by atoms with Crippen molar-refractivity contribution in [3.8, 4) is 10.6 Å². The second-order valence-electron chi connectivity index (χ2n) is 5.92. The number of rotatable bonds is 3. The number of fused-ring (bicyclic) bond motifs is 1. The number of amides is 1. The van der Waals surface area contributed by atoms with E-state index >= 15 is 0 Å². The number of thiazole rings is 1. The summed E-state index contributed by atoms with van der Waals surface area (Å²) in [5, 5.41) is 3.47. The molecule has 0 spiro atoms. The molecule has 0 radical (unpaired) electrons. The van der Waals surface area contributed by atoms with Gasteiger partial charge in [-0.1, -0.05) is 24.3 Å². The van der Waals surface area contributed by atoms with Crippen LogP contribution in [0.25, 0.3) is 20.8 Å². The van der Waals surface area contributed by atoms with Gasteiger partial charge in [0, 0.05) is 11.8 Å². The van der Waals surface area contributed by atoms with E-state index in [2.05, 4.69) is 15.3 Å². The van der Waals surface area contributed by atoms with E-state index < -0.39 is 17.8 Å². The summed E-state index contributed by atoms with van der Waals surface area (Å²) in [6.07, 6.45) is -3.63. The van der Waals surface area contributed by atoms with Crippen LogP contribution in [0.3, 0.4) is 0 Å². The Bertz CT molecular complexity index is 1120. The first-order chi connectivity index (χ1) is 13.4. The zero-order chi connectivity index (χ0) is 19.7. The summed E-state index contributed by atoms with van der Waals surface area (Å²) in [6.45, 7) is 0. The van der Waals surface area contributed by atoms with Gasteiger partial charge in [0.15, 0.2) is 0 Å². The third-order valence-electron chi connectivity index (χ3n) is 4.02. The Labute approximate surface area is 161 Å². The molecular weight excluding hydrogens is 387 g/mol. The summed E-state index contributed by atoms with van der Waals surface area (Å²) in [5.41, 5.74) is 1.10. The normalized spacial score (nSPS) is 11.5. The highest BCUT2D eigenvalue weighted by Gasteiger charge is 2.32. The maximum Gasteiger partial charge on any atom is 0.433 e. The second-order valence-corrected chi connectivity index (χ2v) is 6.95. The molecule has 28 heavy (non-hydrogen) atoms. The number of aromatic nitrogens is 2. The average Bonchev–Trinajstić information content (AvgIpc) is 3.12. The number of hydrogen-bond acceptors (Lipinski definition) is 4. The van der Waals surface area contributed by atoms with Crippen molar-refractivity contribution < 1.29 is 18.0 Å². The van der Waals surface area contributed by atoms with Gasteiger partial charge in [-0.3, -0.25) is 9.78 Å². The van der Waals surface area contributed by atoms with Crippen molar-refractivity contribution in [3.05, 3.63) is 78.1 Å². The molecule has 0 saturated carbocycles. The average molecular weight is 399 g/mol. The van der Waals surface area contributed by atoms with Gasteiger partial charge >= 0.3 is 6.18 Å². The fraction of sp³-hybridized carbons (Fsp3) is 0.0500. The first kappa shape index (κ1) is 18.1. The number of pyridine rings is 1. The standard InChI is InChI=1S/C20H12F3N3OS/c21-20(22,23)17-10-9-12(11-24-17)18(27)25-14-6-2-1-5-13(14)19-26-15-7-3-4-8-16(15)28-19/h1-11H,(H,25,27). The van der Waals surface area contributed by atoms with Crippen LogP contribution >= 0.6 is 11.3 Å². The molecule has 0 aliphatic rings. The fourth-order valence-electron chi connectivity index (χ4n) is 2.66. The summed E-state index contributed by atoms with van der Waals surface area (Å²) < 4.78 is 38.9. The number of halogens is 3. The molecule has 1 amide bonds. The van der Waals surface area contributed by atoms with E-state index in [1.165, 1.54) is 11.3 Å². The van der Waals surface area contributed by atoms with E-state index in [1.807, 2.05) is 36.4 Å². The number of alkyl halides is 3. The highest BCUT2D eigenvalue weighted by molar-refractivity contribution is 7.21. The van der Waals surface area contributed by atoms with Gasteiger partial charge in [-0.15, -0.1) is 11.3 Å². The third kappa shape index (κ3) is 3.59. The topological polar surface area (TPSA) is 54.9 Å². The Morgan fingerprint density at radius 3 is 2.43 bits per heavy atom. The van der Waals surface area contributed by atoms with Crippen LogP contribution in [0.1, 0.15) is 16.1 Å². The Balaban J connectivity index is 1.63. The summed E-state index contributed by atoms with van der Waals surface area (Å²) in [5.74, 6) is -0.546. The van der Waals surface area contributed by atoms with E-state index in [4.69, 9.17) is 0 Å². The van der Waals surface area contributed by atoms with Crippen LogP contribution in [0.15, 0.2) is 66.9 Å². The zero-order valence-electron chi connectivity index (χ0n) is 14.2. The number of carbonyl (C=O) groups is 1. The van der Waals surface area contributed by atoms with Crippen molar-refractivity contribution in [2.24, 2.45) is 0 Å². The molecule has 8 heteroatoms. The molecule has 0 unspecified atom stereocenters. The van der Waals surface area contributed by atoms with Crippen molar-refractivity contribution in [2.75, 3.05) is 5.32 Å². The Kier molecular flexibility index (Phi) is 4.56. The van der Waals surface area contributed by atoms with Gasteiger partial charge in [-0.2, -0.15) is 13.2 Å². The van der Waals surface area contributed by atoms with Crippen LogP contribution in [0.4, 0.5) is 18.9 Å². The van der Waals surface area contributed by atoms with Gasteiger partial charge in [0.05, 0.1) is 21.5 Å². The van der Waals surface area contributed by atoms with Crippen molar-refractivity contribution in [1.82, 2.24) is 9.97 Å². The molecule has 2 heterocycles. The number of anilines is 1. The minimum atomic E-state index is -4.55. The van der Waals surface area contributed by atoms with Gasteiger partial charge in [0.25, 0.3) is 5.91 Å². The lowest BCUT2D eigenvalue weighted by Gasteiger charge is -2.10. The van der Waals surface area contributed by atoms with Crippen molar-refractivity contribution in [1.29, 1.82) is 0 Å². The Hall–Kier alpha value is -3.26. The molecule has 2 aromatic carbocycles. The number of nitrogens with one attached hydrogen (secondary N) is 1. The molecule has 1 N–H and O–H groups in total. The molecule has 2 aromatic heterocycles. The molecule has 0 fully saturated rings. The molecule has 4 rings (SSSR count).